The number of hydrogen-bond acceptors (Lipinski definition) is 8. The predicted octanol–water partition coefficient (Wildman–Crippen LogP) is 1.55. The lowest BCUT2D eigenvalue weighted by Gasteiger charge is -2.30. The molecule has 12 heteroatoms. The second kappa shape index (κ2) is 8.27. The summed E-state index contributed by atoms with van der Waals surface area (Å²) in [6.45, 7) is 3.88. The number of non-ortho nitro benzene ring substituents is 1. The number of nitrogens with zero attached hydrogens (tertiary/aromatic N) is 4. The predicted molar refractivity (Wildman–Crippen MR) is 113 cm³/mol. The molecule has 1 aromatic carbocycles. The number of nitrogens with one attached hydrogen (secondary N) is 1. The Labute approximate surface area is 179 Å². The van der Waals surface area contributed by atoms with Crippen molar-refractivity contribution in [1.29, 1.82) is 0 Å². The maximum Gasteiger partial charge on any atom is 0.270 e. The fourth-order valence-electron chi connectivity index (χ4n) is 3.94. The number of sulfone groups is 1. The minimum atomic E-state index is -3.14. The van der Waals surface area contributed by atoms with E-state index in [9.17, 15) is 23.3 Å². The lowest BCUT2D eigenvalue weighted by atomic mass is 10.1. The number of benzene rings is 1. The zero-order valence-electron chi connectivity index (χ0n) is 17.0. The molecule has 1 amide bonds. The van der Waals surface area contributed by atoms with Gasteiger partial charge in [-0.25, -0.2) is 13.1 Å². The number of rotatable bonds is 5. The summed E-state index contributed by atoms with van der Waals surface area (Å²) in [7, 11) is -3.14. The number of carbonyl (C=O) groups excluding carboxylic acids is 1. The average molecular weight is 449 g/mol. The molecule has 2 fully saturated rings. The zero-order valence-corrected chi connectivity index (χ0v) is 17.8. The van der Waals surface area contributed by atoms with Crippen LogP contribution < -0.4 is 10.2 Å². The van der Waals surface area contributed by atoms with Gasteiger partial charge >= 0.3 is 0 Å². The lowest BCUT2D eigenvalue weighted by molar-refractivity contribution is -0.384. The fourth-order valence-corrected chi connectivity index (χ4v) is 5.63. The van der Waals surface area contributed by atoms with Crippen LogP contribution >= 0.6 is 0 Å². The highest BCUT2D eigenvalue weighted by molar-refractivity contribution is 7.91. The SMILES string of the molecule is Cc1cc(NC(=O)c2cc([N+](=O)[O-])ccc2N2CCOCC2)n(C2CCS(=O)(=O)C2)n1. The van der Waals surface area contributed by atoms with Gasteiger partial charge in [0.15, 0.2) is 9.84 Å². The normalized spacial score (nSPS) is 20.5. The van der Waals surface area contributed by atoms with Crippen molar-refractivity contribution in [3.63, 3.8) is 0 Å². The molecule has 1 unspecified atom stereocenters. The molecular weight excluding hydrogens is 426 g/mol. The zero-order chi connectivity index (χ0) is 22.2. The third-order valence-corrected chi connectivity index (χ3v) is 7.19. The molecule has 3 heterocycles. The van der Waals surface area contributed by atoms with E-state index >= 15 is 0 Å². The second-order valence-electron chi connectivity index (χ2n) is 7.68. The molecule has 31 heavy (non-hydrogen) atoms. The minimum absolute atomic E-state index is 0.0349. The van der Waals surface area contributed by atoms with Gasteiger partial charge in [0.2, 0.25) is 0 Å². The largest absolute Gasteiger partial charge is 0.378 e. The summed E-state index contributed by atoms with van der Waals surface area (Å²) >= 11 is 0. The topological polar surface area (TPSA) is 137 Å². The molecule has 2 saturated heterocycles. The molecule has 1 atom stereocenters. The molecule has 1 N–H and O–H groups in total. The summed E-state index contributed by atoms with van der Waals surface area (Å²) in [6, 6.07) is 5.50. The van der Waals surface area contributed by atoms with Crippen LogP contribution in [0.25, 0.3) is 0 Å². The molecule has 0 saturated carbocycles. The van der Waals surface area contributed by atoms with Crippen LogP contribution in [0, 0.1) is 17.0 Å². The van der Waals surface area contributed by atoms with Crippen molar-refractivity contribution in [1.82, 2.24) is 9.78 Å². The van der Waals surface area contributed by atoms with E-state index in [1.807, 2.05) is 4.90 Å². The highest BCUT2D eigenvalue weighted by Crippen LogP contribution is 2.30. The molecule has 0 aliphatic carbocycles. The van der Waals surface area contributed by atoms with Gasteiger partial charge in [0.05, 0.1) is 52.6 Å². The van der Waals surface area contributed by atoms with Gasteiger partial charge in [-0.15, -0.1) is 0 Å². The molecule has 11 nitrogen and oxygen atoms in total. The molecule has 2 aromatic rings. The maximum absolute atomic E-state index is 13.2. The van der Waals surface area contributed by atoms with Gasteiger partial charge in [-0.1, -0.05) is 0 Å². The smallest absolute Gasteiger partial charge is 0.270 e. The van der Waals surface area contributed by atoms with E-state index in [4.69, 9.17) is 4.74 Å². The van der Waals surface area contributed by atoms with Crippen LogP contribution in [-0.4, -0.2) is 66.8 Å². The highest BCUT2D eigenvalue weighted by atomic mass is 32.2. The maximum atomic E-state index is 13.2. The van der Waals surface area contributed by atoms with Gasteiger partial charge in [-0.05, 0) is 19.4 Å². The quantitative estimate of drug-likeness (QED) is 0.536. The molecule has 0 bridgehead atoms. The third kappa shape index (κ3) is 4.54. The summed E-state index contributed by atoms with van der Waals surface area (Å²) in [4.78, 5) is 25.9. The van der Waals surface area contributed by atoms with Gasteiger partial charge in [-0.2, -0.15) is 5.10 Å². The number of ether oxygens (including phenoxy) is 1. The van der Waals surface area contributed by atoms with Crippen molar-refractivity contribution in [2.75, 3.05) is 48.0 Å². The van der Waals surface area contributed by atoms with Crippen molar-refractivity contribution < 1.29 is 22.9 Å². The Morgan fingerprint density at radius 3 is 2.68 bits per heavy atom. The van der Waals surface area contributed by atoms with Crippen molar-refractivity contribution >= 4 is 32.9 Å². The van der Waals surface area contributed by atoms with Crippen molar-refractivity contribution in [3.05, 3.63) is 45.6 Å². The molecule has 0 radical (unpaired) electrons. The number of aryl methyl sites for hydroxylation is 1. The van der Waals surface area contributed by atoms with Gasteiger partial charge < -0.3 is 15.0 Å². The van der Waals surface area contributed by atoms with E-state index in [-0.39, 0.29) is 28.8 Å². The molecule has 4 rings (SSSR count). The molecule has 2 aliphatic heterocycles. The number of anilines is 2. The number of carbonyl (C=O) groups is 1. The van der Waals surface area contributed by atoms with Crippen molar-refractivity contribution in [2.24, 2.45) is 0 Å². The molecule has 0 spiro atoms. The van der Waals surface area contributed by atoms with Crippen molar-refractivity contribution in [3.8, 4) is 0 Å². The first kappa shape index (κ1) is 21.2. The average Bonchev–Trinajstić information content (AvgIpc) is 3.29. The van der Waals surface area contributed by atoms with Crippen LogP contribution in [0.4, 0.5) is 17.2 Å². The van der Waals surface area contributed by atoms with Crippen LogP contribution in [0.2, 0.25) is 0 Å². The van der Waals surface area contributed by atoms with Gasteiger partial charge in [0, 0.05) is 31.3 Å². The number of nitro benzene ring substituents is 1. The van der Waals surface area contributed by atoms with E-state index in [0.717, 1.165) is 0 Å². The van der Waals surface area contributed by atoms with E-state index in [1.165, 1.54) is 16.8 Å². The van der Waals surface area contributed by atoms with Crippen LogP contribution in [0.15, 0.2) is 24.3 Å². The Balaban J connectivity index is 1.66. The Morgan fingerprint density at radius 2 is 2.03 bits per heavy atom. The first-order valence-electron chi connectivity index (χ1n) is 9.92. The first-order chi connectivity index (χ1) is 14.7. The Kier molecular flexibility index (Phi) is 5.67. The highest BCUT2D eigenvalue weighted by Gasteiger charge is 2.32. The molecule has 2 aliphatic rings. The third-order valence-electron chi connectivity index (χ3n) is 5.44. The van der Waals surface area contributed by atoms with Crippen molar-refractivity contribution in [2.45, 2.75) is 19.4 Å². The van der Waals surface area contributed by atoms with E-state index in [0.29, 0.717) is 49.9 Å². The van der Waals surface area contributed by atoms with E-state index in [2.05, 4.69) is 10.4 Å². The number of aromatic nitrogens is 2. The summed E-state index contributed by atoms with van der Waals surface area (Å²) in [6.07, 6.45) is 0.419. The second-order valence-corrected chi connectivity index (χ2v) is 9.91. The Bertz CT molecular complexity index is 1120. The van der Waals surface area contributed by atoms with Crippen LogP contribution in [0.3, 0.4) is 0 Å². The van der Waals surface area contributed by atoms with Crippen LogP contribution in [0.1, 0.15) is 28.5 Å². The van der Waals surface area contributed by atoms with Gasteiger partial charge in [0.1, 0.15) is 5.82 Å². The molecule has 166 valence electrons. The van der Waals surface area contributed by atoms with E-state index < -0.39 is 20.7 Å². The van der Waals surface area contributed by atoms with Gasteiger partial charge in [-0.3, -0.25) is 14.9 Å². The number of hydrogen-bond donors (Lipinski definition) is 1. The molecule has 1 aromatic heterocycles. The summed E-state index contributed by atoms with van der Waals surface area (Å²) in [5, 5.41) is 18.4. The Hall–Kier alpha value is -2.99. The Morgan fingerprint density at radius 1 is 1.29 bits per heavy atom. The standard InChI is InChI=1S/C19H23N5O6S/c1-13-10-18(23(21-13)15-4-9-31(28,29)12-15)20-19(25)16-11-14(24(26)27)2-3-17(16)22-5-7-30-8-6-22/h2-3,10-11,15H,4-9,12H2,1H3,(H,20,25). The minimum Gasteiger partial charge on any atom is -0.378 e. The number of nitro groups is 1. The van der Waals surface area contributed by atoms with Crippen LogP contribution in [-0.2, 0) is 14.6 Å². The number of morpholine rings is 1. The summed E-state index contributed by atoms with van der Waals surface area (Å²) in [5.41, 5.74) is 1.19. The first-order valence-corrected chi connectivity index (χ1v) is 11.7. The van der Waals surface area contributed by atoms with Crippen LogP contribution in [0.5, 0.6) is 0 Å². The van der Waals surface area contributed by atoms with E-state index in [1.54, 1.807) is 19.1 Å². The molecular formula is C19H23N5O6S. The lowest BCUT2D eigenvalue weighted by Crippen LogP contribution is -2.37. The summed E-state index contributed by atoms with van der Waals surface area (Å²) in [5.74, 6) is -0.112. The monoisotopic (exact) mass is 449 g/mol. The number of amides is 1. The fraction of sp³-hybridized carbons (Fsp3) is 0.474. The summed E-state index contributed by atoms with van der Waals surface area (Å²) < 4.78 is 30.7. The van der Waals surface area contributed by atoms with Gasteiger partial charge in [0.25, 0.3) is 11.6 Å².